The van der Waals surface area contributed by atoms with Gasteiger partial charge in [0.1, 0.15) is 5.02 Å². The van der Waals surface area contributed by atoms with Crippen molar-refractivity contribution in [3.63, 3.8) is 0 Å². The van der Waals surface area contributed by atoms with E-state index in [0.29, 0.717) is 13.0 Å². The van der Waals surface area contributed by atoms with Gasteiger partial charge in [-0.05, 0) is 12.5 Å². The number of hydrogen-bond donors (Lipinski definition) is 3. The zero-order valence-electron chi connectivity index (χ0n) is 8.19. The summed E-state index contributed by atoms with van der Waals surface area (Å²) in [5.41, 5.74) is 11.6. The van der Waals surface area contributed by atoms with Crippen LogP contribution in [0.4, 0.5) is 21.5 Å². The monoisotopic (exact) mass is 229 g/mol. The minimum absolute atomic E-state index is 0.106. The predicted octanol–water partition coefficient (Wildman–Crippen LogP) is 2.63. The maximum absolute atomic E-state index is 13.6. The van der Waals surface area contributed by atoms with Gasteiger partial charge in [-0.25, -0.2) is 4.39 Å². The van der Waals surface area contributed by atoms with Gasteiger partial charge in [0.25, 0.3) is 0 Å². The first-order chi connectivity index (χ1) is 7.07. The fraction of sp³-hybridized carbons (Fsp3) is 0.200. The van der Waals surface area contributed by atoms with Crippen molar-refractivity contribution in [3.05, 3.63) is 29.6 Å². The molecule has 0 atom stereocenters. The molecule has 0 aliphatic rings. The van der Waals surface area contributed by atoms with Crippen LogP contribution in [0.25, 0.3) is 0 Å². The first-order valence-corrected chi connectivity index (χ1v) is 4.83. The lowest BCUT2D eigenvalue weighted by Crippen LogP contribution is -2.07. The first-order valence-electron chi connectivity index (χ1n) is 4.45. The SMILES string of the molecule is C=CCCNc1c(N)cc(N)c(Cl)c1F. The van der Waals surface area contributed by atoms with E-state index >= 15 is 0 Å². The summed E-state index contributed by atoms with van der Waals surface area (Å²) < 4.78 is 13.6. The van der Waals surface area contributed by atoms with Gasteiger partial charge in [-0.1, -0.05) is 17.7 Å². The van der Waals surface area contributed by atoms with Gasteiger partial charge in [0, 0.05) is 6.54 Å². The Kier molecular flexibility index (Phi) is 3.80. The molecule has 0 saturated heterocycles. The molecule has 15 heavy (non-hydrogen) atoms. The summed E-state index contributed by atoms with van der Waals surface area (Å²) in [5, 5.41) is 2.73. The highest BCUT2D eigenvalue weighted by molar-refractivity contribution is 6.33. The summed E-state index contributed by atoms with van der Waals surface area (Å²) in [4.78, 5) is 0. The maximum Gasteiger partial charge on any atom is 0.169 e. The largest absolute Gasteiger partial charge is 0.397 e. The topological polar surface area (TPSA) is 64.1 Å². The number of nitrogens with one attached hydrogen (secondary N) is 1. The van der Waals surface area contributed by atoms with Crippen molar-refractivity contribution >= 4 is 28.7 Å². The normalized spacial score (nSPS) is 10.0. The van der Waals surface area contributed by atoms with E-state index in [2.05, 4.69) is 11.9 Å². The summed E-state index contributed by atoms with van der Waals surface area (Å²) in [7, 11) is 0. The maximum atomic E-state index is 13.6. The van der Waals surface area contributed by atoms with E-state index in [1.54, 1.807) is 6.08 Å². The molecule has 1 aromatic carbocycles. The Hall–Kier alpha value is -1.42. The van der Waals surface area contributed by atoms with Crippen molar-refractivity contribution in [1.29, 1.82) is 0 Å². The molecular weight excluding hydrogens is 217 g/mol. The molecular formula is C10H13ClFN3. The quantitative estimate of drug-likeness (QED) is 0.423. The molecule has 3 nitrogen and oxygen atoms in total. The third kappa shape index (κ3) is 2.53. The van der Waals surface area contributed by atoms with Gasteiger partial charge in [-0.3, -0.25) is 0 Å². The van der Waals surface area contributed by atoms with Crippen LogP contribution in [0.15, 0.2) is 18.7 Å². The van der Waals surface area contributed by atoms with Crippen LogP contribution >= 0.6 is 11.6 Å². The van der Waals surface area contributed by atoms with Gasteiger partial charge in [0.15, 0.2) is 5.82 Å². The van der Waals surface area contributed by atoms with Crippen LogP contribution in [0, 0.1) is 5.82 Å². The van der Waals surface area contributed by atoms with E-state index in [1.165, 1.54) is 6.07 Å². The smallest absolute Gasteiger partial charge is 0.169 e. The third-order valence-electron chi connectivity index (χ3n) is 1.92. The highest BCUT2D eigenvalue weighted by atomic mass is 35.5. The second-order valence-electron chi connectivity index (χ2n) is 3.06. The van der Waals surface area contributed by atoms with Gasteiger partial charge in [-0.15, -0.1) is 6.58 Å². The van der Waals surface area contributed by atoms with Crippen LogP contribution in [0.3, 0.4) is 0 Å². The van der Waals surface area contributed by atoms with Gasteiger partial charge in [-0.2, -0.15) is 0 Å². The summed E-state index contributed by atoms with van der Waals surface area (Å²) in [5.74, 6) is -0.613. The molecule has 82 valence electrons. The predicted molar refractivity (Wildman–Crippen MR) is 63.5 cm³/mol. The van der Waals surface area contributed by atoms with E-state index in [0.717, 1.165) is 0 Å². The minimum Gasteiger partial charge on any atom is -0.397 e. The molecule has 0 aliphatic heterocycles. The Morgan fingerprint density at radius 3 is 2.73 bits per heavy atom. The van der Waals surface area contributed by atoms with Gasteiger partial charge in [0.2, 0.25) is 0 Å². The fourth-order valence-electron chi connectivity index (χ4n) is 1.15. The Morgan fingerprint density at radius 1 is 1.47 bits per heavy atom. The molecule has 0 spiro atoms. The third-order valence-corrected chi connectivity index (χ3v) is 2.30. The lowest BCUT2D eigenvalue weighted by Gasteiger charge is -2.12. The van der Waals surface area contributed by atoms with E-state index in [4.69, 9.17) is 23.1 Å². The summed E-state index contributed by atoms with van der Waals surface area (Å²) in [6, 6.07) is 1.43. The Labute approximate surface area is 92.9 Å². The molecule has 0 amide bonds. The molecule has 0 bridgehead atoms. The Morgan fingerprint density at radius 2 is 2.13 bits per heavy atom. The summed E-state index contributed by atoms with van der Waals surface area (Å²) >= 11 is 5.65. The van der Waals surface area contributed by atoms with Gasteiger partial charge < -0.3 is 16.8 Å². The van der Waals surface area contributed by atoms with Crippen molar-refractivity contribution < 1.29 is 4.39 Å². The van der Waals surface area contributed by atoms with Crippen molar-refractivity contribution in [2.24, 2.45) is 0 Å². The van der Waals surface area contributed by atoms with Crippen molar-refractivity contribution in [2.75, 3.05) is 23.3 Å². The van der Waals surface area contributed by atoms with Gasteiger partial charge in [0.05, 0.1) is 17.1 Å². The number of benzene rings is 1. The van der Waals surface area contributed by atoms with Crippen molar-refractivity contribution in [2.45, 2.75) is 6.42 Å². The lowest BCUT2D eigenvalue weighted by molar-refractivity contribution is 0.632. The van der Waals surface area contributed by atoms with Crippen LogP contribution in [-0.2, 0) is 0 Å². The Bertz CT molecular complexity index is 379. The molecule has 0 unspecified atom stereocenters. The summed E-state index contributed by atoms with van der Waals surface area (Å²) in [6.45, 7) is 4.10. The fourth-order valence-corrected chi connectivity index (χ4v) is 1.29. The molecule has 5 heteroatoms. The molecule has 1 rings (SSSR count). The van der Waals surface area contributed by atoms with E-state index in [-0.39, 0.29) is 22.1 Å². The highest BCUT2D eigenvalue weighted by Crippen LogP contribution is 2.33. The standard InChI is InChI=1S/C10H13ClFN3/c1-2-3-4-15-10-7(14)5-6(13)8(11)9(10)12/h2,5,15H,1,3-4,13-14H2. The molecule has 0 fully saturated rings. The average molecular weight is 230 g/mol. The van der Waals surface area contributed by atoms with Gasteiger partial charge >= 0.3 is 0 Å². The van der Waals surface area contributed by atoms with Crippen molar-refractivity contribution in [3.8, 4) is 0 Å². The van der Waals surface area contributed by atoms with Crippen LogP contribution in [-0.4, -0.2) is 6.54 Å². The summed E-state index contributed by atoms with van der Waals surface area (Å²) in [6.07, 6.45) is 2.43. The second kappa shape index (κ2) is 4.89. The molecule has 0 aliphatic carbocycles. The van der Waals surface area contributed by atoms with E-state index < -0.39 is 5.82 Å². The molecule has 0 aromatic heterocycles. The number of nitrogens with two attached hydrogens (primary N) is 2. The molecule has 0 heterocycles. The van der Waals surface area contributed by atoms with Crippen LogP contribution in [0.5, 0.6) is 0 Å². The number of hydrogen-bond acceptors (Lipinski definition) is 3. The molecule has 0 saturated carbocycles. The number of anilines is 3. The van der Waals surface area contributed by atoms with Crippen LogP contribution in [0.1, 0.15) is 6.42 Å². The van der Waals surface area contributed by atoms with Crippen LogP contribution < -0.4 is 16.8 Å². The van der Waals surface area contributed by atoms with E-state index in [9.17, 15) is 4.39 Å². The van der Waals surface area contributed by atoms with Crippen LogP contribution in [0.2, 0.25) is 5.02 Å². The molecule has 1 aromatic rings. The lowest BCUT2D eigenvalue weighted by atomic mass is 10.2. The number of rotatable bonds is 4. The zero-order valence-corrected chi connectivity index (χ0v) is 8.94. The number of halogens is 2. The second-order valence-corrected chi connectivity index (χ2v) is 3.44. The minimum atomic E-state index is -0.613. The molecule has 0 radical (unpaired) electrons. The van der Waals surface area contributed by atoms with E-state index in [1.807, 2.05) is 0 Å². The first kappa shape index (κ1) is 11.7. The Balaban J connectivity index is 2.96. The molecule has 5 N–H and O–H groups in total. The average Bonchev–Trinajstić information content (AvgIpc) is 2.20. The van der Waals surface area contributed by atoms with Crippen molar-refractivity contribution in [1.82, 2.24) is 0 Å². The number of nitrogen functional groups attached to an aromatic ring is 2. The highest BCUT2D eigenvalue weighted by Gasteiger charge is 2.13. The zero-order chi connectivity index (χ0) is 11.4.